The fraction of sp³-hybridized carbons (Fsp3) is 0.636. The monoisotopic (exact) mass is 348 g/mol. The number of phenolic OH excluding ortho intramolecular Hbond substituents is 2. The van der Waals surface area contributed by atoms with Crippen molar-refractivity contribution in [2.45, 2.75) is 90.1 Å². The fourth-order valence-corrected chi connectivity index (χ4v) is 3.82. The Morgan fingerprint density at radius 3 is 2.28 bits per heavy atom. The van der Waals surface area contributed by atoms with Crippen LogP contribution in [0.4, 0.5) is 4.39 Å². The Morgan fingerprint density at radius 2 is 1.72 bits per heavy atom. The van der Waals surface area contributed by atoms with Crippen LogP contribution in [0.3, 0.4) is 0 Å². The Bertz CT molecular complexity index is 595. The topological polar surface area (TPSA) is 40.5 Å². The molecule has 0 heterocycles. The Hall–Kier alpha value is -1.51. The second kappa shape index (κ2) is 8.25. The first-order valence-corrected chi connectivity index (χ1v) is 9.65. The number of allylic oxidation sites excluding steroid dienone is 2. The van der Waals surface area contributed by atoms with E-state index in [-0.39, 0.29) is 22.8 Å². The fourth-order valence-electron chi connectivity index (χ4n) is 3.82. The number of unbranched alkanes of at least 4 members (excludes halogenated alkanes) is 3. The molecule has 1 aliphatic carbocycles. The van der Waals surface area contributed by atoms with Crippen LogP contribution in [-0.2, 0) is 5.41 Å². The molecule has 0 radical (unpaired) electrons. The van der Waals surface area contributed by atoms with Gasteiger partial charge in [0, 0.05) is 11.5 Å². The molecule has 25 heavy (non-hydrogen) atoms. The number of aromatic hydroxyl groups is 2. The lowest BCUT2D eigenvalue weighted by Gasteiger charge is -2.28. The van der Waals surface area contributed by atoms with Crippen LogP contribution in [0.15, 0.2) is 23.8 Å². The SMILES string of the molecule is CCCCCCC(C)(C)c1cc(O)c(C2C=C(C)C(F)CC2)c(O)c1. The van der Waals surface area contributed by atoms with Crippen molar-refractivity contribution < 1.29 is 14.6 Å². The molecule has 0 amide bonds. The summed E-state index contributed by atoms with van der Waals surface area (Å²) in [7, 11) is 0. The summed E-state index contributed by atoms with van der Waals surface area (Å²) in [5.74, 6) is 0.139. The number of benzene rings is 1. The molecule has 0 spiro atoms. The van der Waals surface area contributed by atoms with Gasteiger partial charge in [0.15, 0.2) is 0 Å². The number of hydrogen-bond acceptors (Lipinski definition) is 2. The summed E-state index contributed by atoms with van der Waals surface area (Å²) in [5.41, 5.74) is 2.10. The normalized spacial score (nSPS) is 21.2. The minimum Gasteiger partial charge on any atom is -0.507 e. The Labute approximate surface area is 151 Å². The van der Waals surface area contributed by atoms with E-state index in [0.29, 0.717) is 24.0 Å². The lowest BCUT2D eigenvalue weighted by atomic mass is 9.77. The van der Waals surface area contributed by atoms with Gasteiger partial charge in [-0.15, -0.1) is 0 Å². The molecule has 2 unspecified atom stereocenters. The molecule has 0 fully saturated rings. The molecule has 1 aromatic carbocycles. The van der Waals surface area contributed by atoms with Crippen molar-refractivity contribution in [1.82, 2.24) is 0 Å². The first-order valence-electron chi connectivity index (χ1n) is 9.65. The predicted molar refractivity (Wildman–Crippen MR) is 102 cm³/mol. The van der Waals surface area contributed by atoms with Crippen LogP contribution in [0.2, 0.25) is 0 Å². The summed E-state index contributed by atoms with van der Waals surface area (Å²) in [6, 6.07) is 3.58. The molecule has 1 aromatic rings. The summed E-state index contributed by atoms with van der Waals surface area (Å²) in [6.07, 6.45) is 7.84. The third-order valence-electron chi connectivity index (χ3n) is 5.63. The van der Waals surface area contributed by atoms with E-state index in [0.717, 1.165) is 18.4 Å². The first kappa shape index (κ1) is 19.8. The highest BCUT2D eigenvalue weighted by atomic mass is 19.1. The third-order valence-corrected chi connectivity index (χ3v) is 5.63. The molecule has 3 heteroatoms. The molecule has 2 rings (SSSR count). The minimum atomic E-state index is -0.901. The smallest absolute Gasteiger partial charge is 0.123 e. The van der Waals surface area contributed by atoms with Gasteiger partial charge in [-0.2, -0.15) is 0 Å². The van der Waals surface area contributed by atoms with Gasteiger partial charge in [0.25, 0.3) is 0 Å². The highest BCUT2D eigenvalue weighted by Gasteiger charge is 2.28. The molecule has 0 saturated heterocycles. The summed E-state index contributed by atoms with van der Waals surface area (Å²) < 4.78 is 13.7. The van der Waals surface area contributed by atoms with Crippen LogP contribution in [0.5, 0.6) is 11.5 Å². The van der Waals surface area contributed by atoms with E-state index in [2.05, 4.69) is 20.8 Å². The highest BCUT2D eigenvalue weighted by Crippen LogP contribution is 2.44. The molecule has 2 nitrogen and oxygen atoms in total. The van der Waals surface area contributed by atoms with E-state index in [4.69, 9.17) is 0 Å². The largest absolute Gasteiger partial charge is 0.507 e. The molecular weight excluding hydrogens is 315 g/mol. The number of halogens is 1. The number of hydrogen-bond donors (Lipinski definition) is 2. The maximum atomic E-state index is 13.7. The molecular formula is C22H33FO2. The van der Waals surface area contributed by atoms with E-state index < -0.39 is 6.17 Å². The van der Waals surface area contributed by atoms with Crippen LogP contribution in [-0.4, -0.2) is 16.4 Å². The maximum Gasteiger partial charge on any atom is 0.123 e. The van der Waals surface area contributed by atoms with Crippen LogP contribution in [0.25, 0.3) is 0 Å². The van der Waals surface area contributed by atoms with Gasteiger partial charge in [-0.25, -0.2) is 4.39 Å². The summed E-state index contributed by atoms with van der Waals surface area (Å²) in [6.45, 7) is 8.29. The van der Waals surface area contributed by atoms with Crippen molar-refractivity contribution in [2.75, 3.05) is 0 Å². The highest BCUT2D eigenvalue weighted by molar-refractivity contribution is 5.52. The Balaban J connectivity index is 2.22. The number of rotatable bonds is 7. The van der Waals surface area contributed by atoms with Gasteiger partial charge in [-0.1, -0.05) is 52.5 Å². The molecule has 0 aliphatic heterocycles. The van der Waals surface area contributed by atoms with Crippen LogP contribution < -0.4 is 0 Å². The minimum absolute atomic E-state index is 0.0937. The zero-order chi connectivity index (χ0) is 18.6. The number of alkyl halides is 1. The first-order chi connectivity index (χ1) is 11.8. The van der Waals surface area contributed by atoms with Gasteiger partial charge < -0.3 is 10.2 Å². The standard InChI is InChI=1S/C22H33FO2/c1-5-6-7-8-11-22(3,4)17-13-19(24)21(20(25)14-17)16-9-10-18(23)15(2)12-16/h12-14,16,18,24-25H,5-11H2,1-4H3. The van der Waals surface area contributed by atoms with E-state index in [1.165, 1.54) is 19.3 Å². The molecule has 1 aliphatic rings. The lowest BCUT2D eigenvalue weighted by molar-refractivity contribution is 0.329. The Kier molecular flexibility index (Phi) is 6.53. The second-order valence-electron chi connectivity index (χ2n) is 8.18. The predicted octanol–water partition coefficient (Wildman–Crippen LogP) is 6.51. The number of phenols is 2. The maximum absolute atomic E-state index is 13.7. The van der Waals surface area contributed by atoms with E-state index in [1.807, 2.05) is 6.08 Å². The zero-order valence-electron chi connectivity index (χ0n) is 16.1. The van der Waals surface area contributed by atoms with E-state index in [1.54, 1.807) is 19.1 Å². The van der Waals surface area contributed by atoms with Crippen molar-refractivity contribution in [2.24, 2.45) is 0 Å². The van der Waals surface area contributed by atoms with Crippen LogP contribution in [0, 0.1) is 0 Å². The van der Waals surface area contributed by atoms with Gasteiger partial charge in [0.05, 0.1) is 0 Å². The molecule has 2 atom stereocenters. The van der Waals surface area contributed by atoms with Gasteiger partial charge in [-0.3, -0.25) is 0 Å². The Morgan fingerprint density at radius 1 is 1.08 bits per heavy atom. The average molecular weight is 349 g/mol. The van der Waals surface area contributed by atoms with E-state index >= 15 is 0 Å². The second-order valence-corrected chi connectivity index (χ2v) is 8.18. The van der Waals surface area contributed by atoms with Crippen molar-refractivity contribution in [1.29, 1.82) is 0 Å². The summed E-state index contributed by atoms with van der Waals surface area (Å²) >= 11 is 0. The molecule has 0 bridgehead atoms. The van der Waals surface area contributed by atoms with Gasteiger partial charge in [-0.05, 0) is 54.9 Å². The quantitative estimate of drug-likeness (QED) is 0.436. The third kappa shape index (κ3) is 4.77. The average Bonchev–Trinajstić information content (AvgIpc) is 2.54. The summed E-state index contributed by atoms with van der Waals surface area (Å²) in [5, 5.41) is 21.1. The zero-order valence-corrected chi connectivity index (χ0v) is 16.1. The van der Waals surface area contributed by atoms with Gasteiger partial charge in [0.1, 0.15) is 17.7 Å². The van der Waals surface area contributed by atoms with Crippen LogP contribution >= 0.6 is 0 Å². The van der Waals surface area contributed by atoms with E-state index in [9.17, 15) is 14.6 Å². The lowest BCUT2D eigenvalue weighted by Crippen LogP contribution is -2.18. The van der Waals surface area contributed by atoms with Crippen LogP contribution in [0.1, 0.15) is 89.7 Å². The van der Waals surface area contributed by atoms with Gasteiger partial charge in [0.2, 0.25) is 0 Å². The molecule has 0 aromatic heterocycles. The van der Waals surface area contributed by atoms with Crippen molar-refractivity contribution in [3.05, 3.63) is 34.9 Å². The van der Waals surface area contributed by atoms with Crippen molar-refractivity contribution in [3.63, 3.8) is 0 Å². The van der Waals surface area contributed by atoms with Crippen molar-refractivity contribution in [3.8, 4) is 11.5 Å². The van der Waals surface area contributed by atoms with Gasteiger partial charge >= 0.3 is 0 Å². The molecule has 0 saturated carbocycles. The van der Waals surface area contributed by atoms with Crippen molar-refractivity contribution >= 4 is 0 Å². The molecule has 140 valence electrons. The molecule has 2 N–H and O–H groups in total. The summed E-state index contributed by atoms with van der Waals surface area (Å²) in [4.78, 5) is 0.